The first-order valence-corrected chi connectivity index (χ1v) is 8.47. The number of anilines is 1. The van der Waals surface area contributed by atoms with Crippen molar-refractivity contribution >= 4 is 11.7 Å². The lowest BCUT2D eigenvalue weighted by Crippen LogP contribution is -2.30. The fourth-order valence-electron chi connectivity index (χ4n) is 2.80. The zero-order valence-corrected chi connectivity index (χ0v) is 13.7. The number of aromatic nitrogens is 1. The Kier molecular flexibility index (Phi) is 5.85. The van der Waals surface area contributed by atoms with Crippen LogP contribution in [-0.4, -0.2) is 30.3 Å². The molecule has 24 heavy (non-hydrogen) atoms. The van der Waals surface area contributed by atoms with Crippen molar-refractivity contribution in [3.63, 3.8) is 0 Å². The molecule has 6 nitrogen and oxygen atoms in total. The number of amides is 2. The van der Waals surface area contributed by atoms with Crippen LogP contribution in [0.25, 0.3) is 11.5 Å². The Labute approximate surface area is 141 Å². The Morgan fingerprint density at radius 2 is 2.12 bits per heavy atom. The number of hydrogen-bond donors (Lipinski definition) is 2. The van der Waals surface area contributed by atoms with Crippen LogP contribution in [0.4, 0.5) is 10.5 Å². The molecule has 0 bridgehead atoms. The van der Waals surface area contributed by atoms with E-state index in [4.69, 9.17) is 9.15 Å². The van der Waals surface area contributed by atoms with Gasteiger partial charge in [-0.3, -0.25) is 0 Å². The molecule has 1 aliphatic rings. The summed E-state index contributed by atoms with van der Waals surface area (Å²) < 4.78 is 10.9. The fraction of sp³-hybridized carbons (Fsp3) is 0.444. The van der Waals surface area contributed by atoms with Gasteiger partial charge >= 0.3 is 6.03 Å². The molecule has 2 amide bonds. The number of nitrogens with zero attached hydrogens (tertiary/aromatic N) is 1. The number of ether oxygens (including phenoxy) is 1. The van der Waals surface area contributed by atoms with Gasteiger partial charge in [-0.05, 0) is 56.4 Å². The lowest BCUT2D eigenvalue weighted by molar-refractivity contribution is 0.0103. The van der Waals surface area contributed by atoms with Gasteiger partial charge in [0.25, 0.3) is 0 Å². The summed E-state index contributed by atoms with van der Waals surface area (Å²) in [5, 5.41) is 5.70. The molecule has 3 rings (SSSR count). The SMILES string of the molecule is O=C(NCCCC1CCCCO1)Nc1ccc(-c2ncco2)cc1. The molecule has 0 spiro atoms. The van der Waals surface area contributed by atoms with Crippen LogP contribution in [0.1, 0.15) is 32.1 Å². The lowest BCUT2D eigenvalue weighted by Gasteiger charge is -2.22. The van der Waals surface area contributed by atoms with Crippen LogP contribution in [0.5, 0.6) is 0 Å². The highest BCUT2D eigenvalue weighted by Crippen LogP contribution is 2.19. The van der Waals surface area contributed by atoms with Crippen LogP contribution in [-0.2, 0) is 4.74 Å². The van der Waals surface area contributed by atoms with E-state index in [0.717, 1.165) is 37.1 Å². The third-order valence-corrected chi connectivity index (χ3v) is 4.08. The molecule has 2 N–H and O–H groups in total. The summed E-state index contributed by atoms with van der Waals surface area (Å²) in [4.78, 5) is 16.0. The summed E-state index contributed by atoms with van der Waals surface area (Å²) in [6.07, 6.45) is 9.01. The van der Waals surface area contributed by atoms with Crippen molar-refractivity contribution in [3.05, 3.63) is 36.7 Å². The highest BCUT2D eigenvalue weighted by molar-refractivity contribution is 5.89. The highest BCUT2D eigenvalue weighted by Gasteiger charge is 2.13. The van der Waals surface area contributed by atoms with Gasteiger partial charge in [0.05, 0.1) is 12.3 Å². The van der Waals surface area contributed by atoms with Crippen LogP contribution in [0.15, 0.2) is 41.1 Å². The van der Waals surface area contributed by atoms with Gasteiger partial charge in [0, 0.05) is 24.4 Å². The molecule has 1 aromatic heterocycles. The van der Waals surface area contributed by atoms with Crippen molar-refractivity contribution in [1.29, 1.82) is 0 Å². The number of rotatable bonds is 6. The molecule has 1 atom stereocenters. The van der Waals surface area contributed by atoms with Crippen molar-refractivity contribution in [2.75, 3.05) is 18.5 Å². The maximum atomic E-state index is 11.9. The molecule has 1 aromatic carbocycles. The smallest absolute Gasteiger partial charge is 0.319 e. The first-order valence-electron chi connectivity index (χ1n) is 8.47. The maximum Gasteiger partial charge on any atom is 0.319 e. The molecule has 2 aromatic rings. The van der Waals surface area contributed by atoms with Crippen LogP contribution in [0.2, 0.25) is 0 Å². The monoisotopic (exact) mass is 329 g/mol. The molecular weight excluding hydrogens is 306 g/mol. The highest BCUT2D eigenvalue weighted by atomic mass is 16.5. The Balaban J connectivity index is 1.37. The minimum atomic E-state index is -0.191. The third kappa shape index (κ3) is 4.83. The van der Waals surface area contributed by atoms with Crippen molar-refractivity contribution in [2.24, 2.45) is 0 Å². The largest absolute Gasteiger partial charge is 0.445 e. The molecule has 0 aliphatic carbocycles. The van der Waals surface area contributed by atoms with Crippen LogP contribution in [0, 0.1) is 0 Å². The second kappa shape index (κ2) is 8.49. The third-order valence-electron chi connectivity index (χ3n) is 4.08. The van der Waals surface area contributed by atoms with E-state index < -0.39 is 0 Å². The molecule has 128 valence electrons. The van der Waals surface area contributed by atoms with E-state index in [9.17, 15) is 4.79 Å². The quantitative estimate of drug-likeness (QED) is 0.790. The standard InChI is InChI=1S/C18H23N3O3/c22-18(20-10-3-5-16-4-1-2-12-23-16)21-15-8-6-14(7-9-15)17-19-11-13-24-17/h6-9,11,13,16H,1-5,10,12H2,(H2,20,21,22). The van der Waals surface area contributed by atoms with Gasteiger partial charge in [0.2, 0.25) is 5.89 Å². The van der Waals surface area contributed by atoms with Gasteiger partial charge in [-0.1, -0.05) is 0 Å². The van der Waals surface area contributed by atoms with Gasteiger partial charge < -0.3 is 19.8 Å². The van der Waals surface area contributed by atoms with E-state index in [0.29, 0.717) is 18.5 Å². The van der Waals surface area contributed by atoms with E-state index in [2.05, 4.69) is 15.6 Å². The predicted octanol–water partition coefficient (Wildman–Crippen LogP) is 3.81. The number of benzene rings is 1. The van der Waals surface area contributed by atoms with E-state index in [1.807, 2.05) is 24.3 Å². The topological polar surface area (TPSA) is 76.4 Å². The summed E-state index contributed by atoms with van der Waals surface area (Å²) >= 11 is 0. The Morgan fingerprint density at radius 3 is 2.83 bits per heavy atom. The molecule has 2 heterocycles. The summed E-state index contributed by atoms with van der Waals surface area (Å²) in [6, 6.07) is 7.19. The van der Waals surface area contributed by atoms with E-state index in [1.54, 1.807) is 6.20 Å². The lowest BCUT2D eigenvalue weighted by atomic mass is 10.0. The molecular formula is C18H23N3O3. The van der Waals surface area contributed by atoms with E-state index in [-0.39, 0.29) is 6.03 Å². The van der Waals surface area contributed by atoms with E-state index >= 15 is 0 Å². The summed E-state index contributed by atoms with van der Waals surface area (Å²) in [5.41, 5.74) is 1.61. The molecule has 1 saturated heterocycles. The zero-order valence-electron chi connectivity index (χ0n) is 13.7. The number of hydrogen-bond acceptors (Lipinski definition) is 4. The normalized spacial score (nSPS) is 17.4. The zero-order chi connectivity index (χ0) is 16.6. The Hall–Kier alpha value is -2.34. The predicted molar refractivity (Wildman–Crippen MR) is 91.8 cm³/mol. The first kappa shape index (κ1) is 16.5. The van der Waals surface area contributed by atoms with Gasteiger partial charge in [0.15, 0.2) is 0 Å². The van der Waals surface area contributed by atoms with Crippen LogP contribution >= 0.6 is 0 Å². The summed E-state index contributed by atoms with van der Waals surface area (Å²) in [7, 11) is 0. The van der Waals surface area contributed by atoms with Gasteiger partial charge in [-0.25, -0.2) is 9.78 Å². The average Bonchev–Trinajstić information content (AvgIpc) is 3.15. The van der Waals surface area contributed by atoms with Crippen molar-refractivity contribution in [1.82, 2.24) is 10.3 Å². The minimum absolute atomic E-state index is 0.191. The second-order valence-electron chi connectivity index (χ2n) is 5.93. The first-order chi connectivity index (χ1) is 11.8. The minimum Gasteiger partial charge on any atom is -0.445 e. The molecule has 1 aliphatic heterocycles. The molecule has 0 saturated carbocycles. The molecule has 1 fully saturated rings. The summed E-state index contributed by atoms with van der Waals surface area (Å²) in [6.45, 7) is 1.53. The number of urea groups is 1. The molecule has 1 unspecified atom stereocenters. The Bertz CT molecular complexity index is 619. The maximum absolute atomic E-state index is 11.9. The van der Waals surface area contributed by atoms with Gasteiger partial charge in [0.1, 0.15) is 6.26 Å². The van der Waals surface area contributed by atoms with Crippen molar-refractivity contribution < 1.29 is 13.9 Å². The number of carbonyl (C=O) groups excluding carboxylic acids is 1. The number of oxazole rings is 1. The second-order valence-corrected chi connectivity index (χ2v) is 5.93. The molecule has 6 heteroatoms. The fourth-order valence-corrected chi connectivity index (χ4v) is 2.80. The van der Waals surface area contributed by atoms with Crippen molar-refractivity contribution in [2.45, 2.75) is 38.2 Å². The summed E-state index contributed by atoms with van der Waals surface area (Å²) in [5.74, 6) is 0.566. The average molecular weight is 329 g/mol. The van der Waals surface area contributed by atoms with E-state index in [1.165, 1.54) is 19.1 Å². The van der Waals surface area contributed by atoms with Gasteiger partial charge in [-0.2, -0.15) is 0 Å². The van der Waals surface area contributed by atoms with Gasteiger partial charge in [-0.15, -0.1) is 0 Å². The number of carbonyl (C=O) groups is 1. The Morgan fingerprint density at radius 1 is 1.25 bits per heavy atom. The number of nitrogens with one attached hydrogen (secondary N) is 2. The van der Waals surface area contributed by atoms with Crippen LogP contribution < -0.4 is 10.6 Å². The molecule has 0 radical (unpaired) electrons. The van der Waals surface area contributed by atoms with Crippen LogP contribution in [0.3, 0.4) is 0 Å². The van der Waals surface area contributed by atoms with Crippen molar-refractivity contribution in [3.8, 4) is 11.5 Å².